The molecule has 0 saturated carbocycles. The number of hydrogen-bond donors (Lipinski definition) is 1. The second-order valence-electron chi connectivity index (χ2n) is 4.01. The molecule has 0 heterocycles. The smallest absolute Gasteiger partial charge is 0.284 e. The Kier molecular flexibility index (Phi) is 4.82. The van der Waals surface area contributed by atoms with Crippen molar-refractivity contribution in [2.75, 3.05) is 5.32 Å². The number of anilines is 1. The minimum Gasteiger partial charge on any atom is -0.322 e. The molecule has 1 N–H and O–H groups in total. The fourth-order valence-corrected chi connectivity index (χ4v) is 2.78. The van der Waals surface area contributed by atoms with Gasteiger partial charge in [0.05, 0.1) is 10.5 Å². The molecule has 108 valence electrons. The van der Waals surface area contributed by atoms with Crippen molar-refractivity contribution in [3.05, 3.63) is 66.6 Å². The summed E-state index contributed by atoms with van der Waals surface area (Å²) in [6, 6.07) is 8.79. The first-order chi connectivity index (χ1) is 9.88. The summed E-state index contributed by atoms with van der Waals surface area (Å²) in [4.78, 5) is 22.5. The molecule has 0 atom stereocenters. The molecule has 1 amide bonds. The van der Waals surface area contributed by atoms with Crippen molar-refractivity contribution in [3.63, 3.8) is 0 Å². The monoisotopic (exact) mass is 388 g/mol. The maximum Gasteiger partial charge on any atom is 0.284 e. The van der Waals surface area contributed by atoms with Gasteiger partial charge in [-0.05, 0) is 40.2 Å². The largest absolute Gasteiger partial charge is 0.322 e. The standard InChI is InChI=1S/C13H7BrCl2N2O3/c14-12-10(2-1-3-11(12)18(20)21)13(19)17-9-5-7(15)4-8(16)6-9/h1-6H,(H,17,19). The predicted molar refractivity (Wildman–Crippen MR) is 85.2 cm³/mol. The zero-order chi connectivity index (χ0) is 15.6. The van der Waals surface area contributed by atoms with Crippen molar-refractivity contribution >= 4 is 56.4 Å². The van der Waals surface area contributed by atoms with Crippen LogP contribution in [0.4, 0.5) is 11.4 Å². The second kappa shape index (κ2) is 6.43. The second-order valence-corrected chi connectivity index (χ2v) is 5.67. The summed E-state index contributed by atoms with van der Waals surface area (Å²) in [5.74, 6) is -0.510. The van der Waals surface area contributed by atoms with Crippen molar-refractivity contribution in [3.8, 4) is 0 Å². The Morgan fingerprint density at radius 1 is 1.19 bits per heavy atom. The van der Waals surface area contributed by atoms with E-state index in [4.69, 9.17) is 23.2 Å². The van der Waals surface area contributed by atoms with Crippen LogP contribution in [-0.4, -0.2) is 10.8 Å². The zero-order valence-electron chi connectivity index (χ0n) is 10.3. The van der Waals surface area contributed by atoms with Gasteiger partial charge in [-0.1, -0.05) is 29.3 Å². The fourth-order valence-electron chi connectivity index (χ4n) is 1.66. The van der Waals surface area contributed by atoms with Gasteiger partial charge in [-0.15, -0.1) is 0 Å². The van der Waals surface area contributed by atoms with E-state index in [1.807, 2.05) is 0 Å². The molecular weight excluding hydrogens is 383 g/mol. The average Bonchev–Trinajstić information content (AvgIpc) is 2.37. The first-order valence-electron chi connectivity index (χ1n) is 5.59. The van der Waals surface area contributed by atoms with Crippen molar-refractivity contribution in [1.82, 2.24) is 0 Å². The van der Waals surface area contributed by atoms with Crippen molar-refractivity contribution in [2.24, 2.45) is 0 Å². The maximum absolute atomic E-state index is 12.2. The number of rotatable bonds is 3. The lowest BCUT2D eigenvalue weighted by Gasteiger charge is -2.08. The Labute approximate surface area is 138 Å². The summed E-state index contributed by atoms with van der Waals surface area (Å²) in [6.45, 7) is 0. The lowest BCUT2D eigenvalue weighted by Crippen LogP contribution is -2.13. The highest BCUT2D eigenvalue weighted by molar-refractivity contribution is 9.10. The van der Waals surface area contributed by atoms with Gasteiger partial charge in [0, 0.05) is 21.8 Å². The van der Waals surface area contributed by atoms with Crippen LogP contribution in [0.1, 0.15) is 10.4 Å². The number of benzene rings is 2. The average molecular weight is 390 g/mol. The van der Waals surface area contributed by atoms with E-state index in [0.29, 0.717) is 15.7 Å². The summed E-state index contributed by atoms with van der Waals surface area (Å²) >= 11 is 14.8. The highest BCUT2D eigenvalue weighted by Crippen LogP contribution is 2.29. The van der Waals surface area contributed by atoms with Crippen LogP contribution < -0.4 is 5.32 Å². The van der Waals surface area contributed by atoms with Crippen LogP contribution in [-0.2, 0) is 0 Å². The third-order valence-corrected chi connectivity index (χ3v) is 3.81. The zero-order valence-corrected chi connectivity index (χ0v) is 13.4. The van der Waals surface area contributed by atoms with Crippen LogP contribution in [0.5, 0.6) is 0 Å². The molecule has 0 fully saturated rings. The number of hydrogen-bond acceptors (Lipinski definition) is 3. The Hall–Kier alpha value is -1.63. The van der Waals surface area contributed by atoms with Crippen LogP contribution in [0.2, 0.25) is 10.0 Å². The Bertz CT molecular complexity index is 717. The molecule has 5 nitrogen and oxygen atoms in total. The molecule has 0 unspecified atom stereocenters. The van der Waals surface area contributed by atoms with Gasteiger partial charge in [0.2, 0.25) is 0 Å². The summed E-state index contributed by atoms with van der Waals surface area (Å²) in [5.41, 5.74) is 0.350. The number of nitro benzene ring substituents is 1. The normalized spacial score (nSPS) is 10.2. The molecule has 2 rings (SSSR count). The van der Waals surface area contributed by atoms with Gasteiger partial charge in [0.25, 0.3) is 11.6 Å². The van der Waals surface area contributed by atoms with Crippen LogP contribution in [0.15, 0.2) is 40.9 Å². The number of carbonyl (C=O) groups excluding carboxylic acids is 1. The molecular formula is C13H7BrCl2N2O3. The predicted octanol–water partition coefficient (Wildman–Crippen LogP) is 4.92. The summed E-state index contributed by atoms with van der Waals surface area (Å²) in [6.07, 6.45) is 0. The summed E-state index contributed by atoms with van der Waals surface area (Å²) < 4.78 is 0.112. The quantitative estimate of drug-likeness (QED) is 0.598. The first kappa shape index (κ1) is 15.8. The van der Waals surface area contributed by atoms with E-state index >= 15 is 0 Å². The van der Waals surface area contributed by atoms with E-state index in [2.05, 4.69) is 21.2 Å². The molecule has 0 spiro atoms. The number of carbonyl (C=O) groups is 1. The first-order valence-corrected chi connectivity index (χ1v) is 7.13. The molecule has 2 aromatic carbocycles. The van der Waals surface area contributed by atoms with E-state index < -0.39 is 10.8 Å². The van der Waals surface area contributed by atoms with Gasteiger partial charge in [0.15, 0.2) is 0 Å². The number of halogens is 3. The SMILES string of the molecule is O=C(Nc1cc(Cl)cc(Cl)c1)c1cccc([N+](=O)[O-])c1Br. The molecule has 8 heteroatoms. The van der Waals surface area contributed by atoms with Crippen molar-refractivity contribution in [2.45, 2.75) is 0 Å². The topological polar surface area (TPSA) is 72.2 Å². The van der Waals surface area contributed by atoms with Crippen LogP contribution >= 0.6 is 39.1 Å². The number of nitrogens with one attached hydrogen (secondary N) is 1. The molecule has 2 aromatic rings. The Morgan fingerprint density at radius 3 is 2.38 bits per heavy atom. The molecule has 0 aliphatic carbocycles. The number of nitrogens with zero attached hydrogens (tertiary/aromatic N) is 1. The molecule has 0 aromatic heterocycles. The van der Waals surface area contributed by atoms with Gasteiger partial charge < -0.3 is 5.32 Å². The summed E-state index contributed by atoms with van der Waals surface area (Å²) in [5, 5.41) is 14.2. The highest BCUT2D eigenvalue weighted by atomic mass is 79.9. The van der Waals surface area contributed by atoms with E-state index in [9.17, 15) is 14.9 Å². The van der Waals surface area contributed by atoms with E-state index in [1.54, 1.807) is 0 Å². The van der Waals surface area contributed by atoms with Crippen molar-refractivity contribution in [1.29, 1.82) is 0 Å². The third kappa shape index (κ3) is 3.72. The Morgan fingerprint density at radius 2 is 1.81 bits per heavy atom. The number of nitro groups is 1. The molecule has 0 saturated heterocycles. The van der Waals surface area contributed by atoms with Gasteiger partial charge in [-0.3, -0.25) is 14.9 Å². The number of amides is 1. The molecule has 21 heavy (non-hydrogen) atoms. The minimum atomic E-state index is -0.572. The van der Waals surface area contributed by atoms with Crippen molar-refractivity contribution < 1.29 is 9.72 Å². The molecule has 0 radical (unpaired) electrons. The maximum atomic E-state index is 12.2. The van der Waals surface area contributed by atoms with Gasteiger partial charge >= 0.3 is 0 Å². The van der Waals surface area contributed by atoms with Crippen LogP contribution in [0.3, 0.4) is 0 Å². The van der Waals surface area contributed by atoms with Gasteiger partial charge in [-0.2, -0.15) is 0 Å². The summed E-state index contributed by atoms with van der Waals surface area (Å²) in [7, 11) is 0. The lowest BCUT2D eigenvalue weighted by molar-refractivity contribution is -0.385. The third-order valence-electron chi connectivity index (χ3n) is 2.54. The Balaban J connectivity index is 2.33. The van der Waals surface area contributed by atoms with Gasteiger partial charge in [0.1, 0.15) is 4.47 Å². The molecule has 0 aliphatic heterocycles. The van der Waals surface area contributed by atoms with E-state index in [1.165, 1.54) is 36.4 Å². The fraction of sp³-hybridized carbons (Fsp3) is 0. The lowest BCUT2D eigenvalue weighted by atomic mass is 10.2. The van der Waals surface area contributed by atoms with Crippen LogP contribution in [0, 0.1) is 10.1 Å². The molecule has 0 bridgehead atoms. The molecule has 0 aliphatic rings. The van der Waals surface area contributed by atoms with E-state index in [-0.39, 0.29) is 15.7 Å². The van der Waals surface area contributed by atoms with Crippen LogP contribution in [0.25, 0.3) is 0 Å². The van der Waals surface area contributed by atoms with Gasteiger partial charge in [-0.25, -0.2) is 0 Å². The van der Waals surface area contributed by atoms with E-state index in [0.717, 1.165) is 0 Å². The minimum absolute atomic E-state index is 0.112. The highest BCUT2D eigenvalue weighted by Gasteiger charge is 2.19.